The van der Waals surface area contributed by atoms with Crippen LogP contribution in [-0.2, 0) is 11.2 Å². The van der Waals surface area contributed by atoms with Crippen LogP contribution in [0.25, 0.3) is 0 Å². The van der Waals surface area contributed by atoms with Gasteiger partial charge in [-0.3, -0.25) is 10.1 Å². The zero-order valence-electron chi connectivity index (χ0n) is 10.3. The highest BCUT2D eigenvalue weighted by atomic mass is 16.5. The standard InChI is InChI=1S/C13H15N3O3/c14-7-6-10-8-19-13(15-10)16-12(17)9-18-11-4-2-1-3-5-11/h1-5,8H,6-7,9,14H2,(H,15,16,17). The molecule has 6 heteroatoms. The average molecular weight is 261 g/mol. The smallest absolute Gasteiger partial charge is 0.301 e. The Hall–Kier alpha value is -2.34. The number of hydrogen-bond acceptors (Lipinski definition) is 5. The minimum absolute atomic E-state index is 0.0986. The van der Waals surface area contributed by atoms with Gasteiger partial charge in [0.05, 0.1) is 5.69 Å². The molecule has 2 aromatic rings. The van der Waals surface area contributed by atoms with Crippen LogP contribution in [-0.4, -0.2) is 24.0 Å². The number of carbonyl (C=O) groups is 1. The molecule has 0 saturated heterocycles. The van der Waals surface area contributed by atoms with Gasteiger partial charge >= 0.3 is 6.01 Å². The Bertz CT molecular complexity index is 525. The summed E-state index contributed by atoms with van der Waals surface area (Å²) in [5.41, 5.74) is 6.10. The fourth-order valence-corrected chi connectivity index (χ4v) is 1.45. The Balaban J connectivity index is 1.80. The number of carbonyl (C=O) groups excluding carboxylic acids is 1. The molecule has 0 fully saturated rings. The summed E-state index contributed by atoms with van der Waals surface area (Å²) in [6.45, 7) is 0.385. The van der Waals surface area contributed by atoms with Gasteiger partial charge in [-0.1, -0.05) is 18.2 Å². The van der Waals surface area contributed by atoms with Gasteiger partial charge in [0.1, 0.15) is 12.0 Å². The highest BCUT2D eigenvalue weighted by molar-refractivity contribution is 5.89. The Kier molecular flexibility index (Phi) is 4.52. The first kappa shape index (κ1) is 13.1. The van der Waals surface area contributed by atoms with Gasteiger partial charge in [-0.15, -0.1) is 0 Å². The maximum Gasteiger partial charge on any atom is 0.301 e. The predicted molar refractivity (Wildman–Crippen MR) is 69.8 cm³/mol. The van der Waals surface area contributed by atoms with Crippen molar-refractivity contribution >= 4 is 11.9 Å². The molecule has 0 aliphatic heterocycles. The van der Waals surface area contributed by atoms with Gasteiger partial charge in [-0.25, -0.2) is 0 Å². The third kappa shape index (κ3) is 4.11. The number of para-hydroxylation sites is 1. The van der Waals surface area contributed by atoms with Crippen molar-refractivity contribution in [1.29, 1.82) is 0 Å². The van der Waals surface area contributed by atoms with E-state index in [2.05, 4.69) is 10.3 Å². The summed E-state index contributed by atoms with van der Waals surface area (Å²) in [5.74, 6) is 0.305. The summed E-state index contributed by atoms with van der Waals surface area (Å²) < 4.78 is 10.4. The molecular formula is C13H15N3O3. The molecule has 1 amide bonds. The summed E-state index contributed by atoms with van der Waals surface area (Å²) in [4.78, 5) is 15.7. The van der Waals surface area contributed by atoms with Gasteiger partial charge in [0.15, 0.2) is 6.61 Å². The molecule has 0 bridgehead atoms. The van der Waals surface area contributed by atoms with Crippen LogP contribution < -0.4 is 15.8 Å². The number of ether oxygens (including phenoxy) is 1. The molecule has 0 spiro atoms. The molecule has 1 aromatic carbocycles. The predicted octanol–water partition coefficient (Wildman–Crippen LogP) is 1.19. The van der Waals surface area contributed by atoms with Gasteiger partial charge in [0.2, 0.25) is 0 Å². The van der Waals surface area contributed by atoms with Crippen LogP contribution >= 0.6 is 0 Å². The summed E-state index contributed by atoms with van der Waals surface area (Å²) in [7, 11) is 0. The van der Waals surface area contributed by atoms with Crippen molar-refractivity contribution in [2.24, 2.45) is 5.73 Å². The Morgan fingerprint density at radius 2 is 2.16 bits per heavy atom. The first-order chi connectivity index (χ1) is 9.28. The second-order valence-corrected chi connectivity index (χ2v) is 3.83. The van der Waals surface area contributed by atoms with E-state index >= 15 is 0 Å². The van der Waals surface area contributed by atoms with E-state index in [1.165, 1.54) is 6.26 Å². The van der Waals surface area contributed by atoms with E-state index in [0.29, 0.717) is 24.4 Å². The van der Waals surface area contributed by atoms with Crippen LogP contribution in [0.4, 0.5) is 6.01 Å². The second-order valence-electron chi connectivity index (χ2n) is 3.83. The second kappa shape index (κ2) is 6.55. The van der Waals surface area contributed by atoms with E-state index in [1.54, 1.807) is 12.1 Å². The van der Waals surface area contributed by atoms with E-state index in [9.17, 15) is 4.79 Å². The maximum atomic E-state index is 11.6. The van der Waals surface area contributed by atoms with Crippen LogP contribution in [0.5, 0.6) is 5.75 Å². The fraction of sp³-hybridized carbons (Fsp3) is 0.231. The van der Waals surface area contributed by atoms with Gasteiger partial charge in [-0.2, -0.15) is 4.98 Å². The minimum Gasteiger partial charge on any atom is -0.484 e. The molecule has 19 heavy (non-hydrogen) atoms. The van der Waals surface area contributed by atoms with Gasteiger partial charge in [-0.05, 0) is 18.7 Å². The third-order valence-electron chi connectivity index (χ3n) is 2.31. The summed E-state index contributed by atoms with van der Waals surface area (Å²) in [6, 6.07) is 9.25. The zero-order chi connectivity index (χ0) is 13.5. The molecule has 0 saturated carbocycles. The number of oxazole rings is 1. The molecule has 2 rings (SSSR count). The highest BCUT2D eigenvalue weighted by Crippen LogP contribution is 2.09. The van der Waals surface area contributed by atoms with E-state index in [0.717, 1.165) is 0 Å². The average Bonchev–Trinajstić information content (AvgIpc) is 2.85. The first-order valence-corrected chi connectivity index (χ1v) is 5.90. The van der Waals surface area contributed by atoms with Gasteiger partial charge in [0.25, 0.3) is 5.91 Å². The van der Waals surface area contributed by atoms with E-state index in [1.807, 2.05) is 18.2 Å². The minimum atomic E-state index is -0.329. The number of rotatable bonds is 6. The first-order valence-electron chi connectivity index (χ1n) is 5.90. The topological polar surface area (TPSA) is 90.4 Å². The fourth-order valence-electron chi connectivity index (χ4n) is 1.45. The van der Waals surface area contributed by atoms with E-state index < -0.39 is 0 Å². The molecule has 1 aromatic heterocycles. The van der Waals surface area contributed by atoms with Crippen LogP contribution in [0, 0.1) is 0 Å². The Morgan fingerprint density at radius 3 is 2.89 bits per heavy atom. The lowest BCUT2D eigenvalue weighted by molar-refractivity contribution is -0.118. The van der Waals surface area contributed by atoms with Crippen LogP contribution in [0.3, 0.4) is 0 Å². The maximum absolute atomic E-state index is 11.6. The van der Waals surface area contributed by atoms with Crippen molar-refractivity contribution in [3.63, 3.8) is 0 Å². The summed E-state index contributed by atoms with van der Waals surface area (Å²) in [6.07, 6.45) is 2.08. The monoisotopic (exact) mass is 261 g/mol. The van der Waals surface area contributed by atoms with Crippen molar-refractivity contribution in [2.75, 3.05) is 18.5 Å². The highest BCUT2D eigenvalue weighted by Gasteiger charge is 2.08. The number of nitrogens with two attached hydrogens (primary N) is 1. The van der Waals surface area contributed by atoms with Crippen molar-refractivity contribution in [2.45, 2.75) is 6.42 Å². The molecular weight excluding hydrogens is 246 g/mol. The van der Waals surface area contributed by atoms with Crippen molar-refractivity contribution in [3.05, 3.63) is 42.3 Å². The molecule has 0 atom stereocenters. The lowest BCUT2D eigenvalue weighted by atomic mass is 10.3. The van der Waals surface area contributed by atoms with Crippen molar-refractivity contribution in [1.82, 2.24) is 4.98 Å². The Labute approximate surface area is 110 Å². The lowest BCUT2D eigenvalue weighted by Crippen LogP contribution is -2.20. The van der Waals surface area contributed by atoms with E-state index in [4.69, 9.17) is 14.9 Å². The summed E-state index contributed by atoms with van der Waals surface area (Å²) >= 11 is 0. The van der Waals surface area contributed by atoms with Crippen LogP contribution in [0.1, 0.15) is 5.69 Å². The number of aromatic nitrogens is 1. The normalized spacial score (nSPS) is 10.2. The molecule has 0 aliphatic rings. The van der Waals surface area contributed by atoms with E-state index in [-0.39, 0.29) is 18.5 Å². The SMILES string of the molecule is NCCc1coc(NC(=O)COc2ccccc2)n1. The van der Waals surface area contributed by atoms with Crippen LogP contribution in [0.15, 0.2) is 41.0 Å². The molecule has 3 N–H and O–H groups in total. The lowest BCUT2D eigenvalue weighted by Gasteiger charge is -2.04. The van der Waals surface area contributed by atoms with Crippen molar-refractivity contribution in [3.8, 4) is 5.75 Å². The molecule has 100 valence electrons. The molecule has 0 unspecified atom stereocenters. The number of hydrogen-bond donors (Lipinski definition) is 2. The molecule has 6 nitrogen and oxygen atoms in total. The Morgan fingerprint density at radius 1 is 1.37 bits per heavy atom. The molecule has 0 aliphatic carbocycles. The molecule has 0 radical (unpaired) electrons. The van der Waals surface area contributed by atoms with Crippen LogP contribution in [0.2, 0.25) is 0 Å². The van der Waals surface area contributed by atoms with Crippen molar-refractivity contribution < 1.29 is 13.9 Å². The number of benzene rings is 1. The number of nitrogens with one attached hydrogen (secondary N) is 1. The number of nitrogens with zero attached hydrogens (tertiary/aromatic N) is 1. The van der Waals surface area contributed by atoms with Gasteiger partial charge in [0, 0.05) is 6.42 Å². The molecule has 1 heterocycles. The zero-order valence-corrected chi connectivity index (χ0v) is 10.3. The summed E-state index contributed by atoms with van der Waals surface area (Å²) in [5, 5.41) is 2.51. The quantitative estimate of drug-likeness (QED) is 0.815. The number of amides is 1. The third-order valence-corrected chi connectivity index (χ3v) is 2.31. The number of anilines is 1. The van der Waals surface area contributed by atoms with Gasteiger partial charge < -0.3 is 14.9 Å². The largest absolute Gasteiger partial charge is 0.484 e.